The van der Waals surface area contributed by atoms with Gasteiger partial charge in [0.15, 0.2) is 5.78 Å². The van der Waals surface area contributed by atoms with Gasteiger partial charge in [-0.25, -0.2) is 0 Å². The number of carbonyl (C=O) groups is 1. The highest BCUT2D eigenvalue weighted by molar-refractivity contribution is 6.14. The maximum atomic E-state index is 14.0. The number of ketones is 1. The molecule has 7 aromatic rings. The zero-order valence-electron chi connectivity index (χ0n) is 29.9. The quantitative estimate of drug-likeness (QED) is 0.187. The van der Waals surface area contributed by atoms with Gasteiger partial charge in [-0.2, -0.15) is 0 Å². The second-order valence-corrected chi connectivity index (χ2v) is 15.6. The fourth-order valence-corrected chi connectivity index (χ4v) is 9.82. The van der Waals surface area contributed by atoms with Gasteiger partial charge in [0.25, 0.3) is 0 Å². The summed E-state index contributed by atoms with van der Waals surface area (Å²) in [6.45, 7) is 9.45. The lowest BCUT2D eigenvalue weighted by Gasteiger charge is -2.43. The van der Waals surface area contributed by atoms with Gasteiger partial charge in [0.05, 0.1) is 16.8 Å². The van der Waals surface area contributed by atoms with E-state index >= 15 is 0 Å². The van der Waals surface area contributed by atoms with Crippen LogP contribution in [0.4, 0.5) is 17.1 Å². The van der Waals surface area contributed by atoms with E-state index in [0.29, 0.717) is 0 Å². The highest BCUT2D eigenvalue weighted by Gasteiger charge is 2.47. The van der Waals surface area contributed by atoms with Crippen molar-refractivity contribution < 1.29 is 4.79 Å². The van der Waals surface area contributed by atoms with Crippen LogP contribution in [0.5, 0.6) is 0 Å². The predicted octanol–water partition coefficient (Wildman–Crippen LogP) is 12.0. The Morgan fingerprint density at radius 1 is 0.385 bits per heavy atom. The van der Waals surface area contributed by atoms with E-state index in [1.165, 1.54) is 44.8 Å². The summed E-state index contributed by atoms with van der Waals surface area (Å²) in [4.78, 5) is 16.5. The largest absolute Gasteiger partial charge is 0.310 e. The normalized spacial score (nSPS) is 16.5. The van der Waals surface area contributed by atoms with Gasteiger partial charge in [0.1, 0.15) is 0 Å². The Morgan fingerprint density at radius 2 is 0.885 bits per heavy atom. The van der Waals surface area contributed by atoms with Gasteiger partial charge in [0, 0.05) is 27.6 Å². The van der Waals surface area contributed by atoms with Crippen molar-refractivity contribution in [1.82, 2.24) is 0 Å². The number of hydrogen-bond acceptors (Lipinski definition) is 2. The molecule has 0 unspecified atom stereocenters. The van der Waals surface area contributed by atoms with Gasteiger partial charge in [0.2, 0.25) is 0 Å². The highest BCUT2D eigenvalue weighted by atomic mass is 16.1. The fourth-order valence-electron chi connectivity index (χ4n) is 9.82. The topological polar surface area (TPSA) is 20.3 Å². The third kappa shape index (κ3) is 3.93. The molecule has 2 aliphatic carbocycles. The van der Waals surface area contributed by atoms with Crippen molar-refractivity contribution in [3.8, 4) is 11.1 Å². The number of rotatable bonds is 3. The fraction of sp³-hybridized carbons (Fsp3) is 0.140. The van der Waals surface area contributed by atoms with Crippen LogP contribution in [-0.2, 0) is 16.2 Å². The molecule has 1 aliphatic heterocycles. The van der Waals surface area contributed by atoms with Crippen LogP contribution in [0.2, 0.25) is 0 Å². The summed E-state index contributed by atoms with van der Waals surface area (Å²) in [5, 5.41) is 0. The zero-order valence-corrected chi connectivity index (χ0v) is 29.9. The number of carbonyl (C=O) groups excluding carboxylic acids is 1. The monoisotopic (exact) mass is 669 g/mol. The molecule has 0 amide bonds. The number of nitrogens with zero attached hydrogens (tertiary/aromatic N) is 1. The number of anilines is 3. The summed E-state index contributed by atoms with van der Waals surface area (Å²) in [6, 6.07) is 58.9. The van der Waals surface area contributed by atoms with Crippen molar-refractivity contribution in [2.45, 2.75) is 43.9 Å². The minimum Gasteiger partial charge on any atom is -0.310 e. The molecule has 0 atom stereocenters. The van der Waals surface area contributed by atoms with Gasteiger partial charge >= 0.3 is 0 Å². The van der Waals surface area contributed by atoms with Gasteiger partial charge in [-0.3, -0.25) is 4.79 Å². The zero-order chi connectivity index (χ0) is 35.4. The van der Waals surface area contributed by atoms with Crippen molar-refractivity contribution >= 4 is 22.8 Å². The molecular formula is C50H39NO. The van der Waals surface area contributed by atoms with Crippen LogP contribution in [0.25, 0.3) is 11.1 Å². The lowest BCUT2D eigenvalue weighted by Crippen LogP contribution is -2.38. The standard InChI is InChI=1S/C50H39NO/c1-48(2)39-21-11-8-18-35(39)38-30-44-46(31-43(38)48)51(45-25-15-14-24-42(45)49(44,3)4)34-28-26-33(27-29-34)50(32-16-6-5-7-17-32)40-22-12-9-19-36(40)47(52)37-20-10-13-23-41(37)50/h5-31H,1-4H3. The molecule has 2 heteroatoms. The Kier molecular flexibility index (Phi) is 6.37. The summed E-state index contributed by atoms with van der Waals surface area (Å²) >= 11 is 0. The summed E-state index contributed by atoms with van der Waals surface area (Å²) in [5.41, 5.74) is 16.5. The average Bonchev–Trinajstić information content (AvgIpc) is 3.41. The molecule has 52 heavy (non-hydrogen) atoms. The maximum Gasteiger partial charge on any atom is 0.193 e. The molecular weight excluding hydrogens is 631 g/mol. The van der Waals surface area contributed by atoms with Crippen LogP contribution in [0.15, 0.2) is 164 Å². The van der Waals surface area contributed by atoms with E-state index in [4.69, 9.17) is 0 Å². The van der Waals surface area contributed by atoms with E-state index in [-0.39, 0.29) is 16.6 Å². The van der Waals surface area contributed by atoms with Crippen molar-refractivity contribution in [2.75, 3.05) is 4.90 Å². The molecule has 1 heterocycles. The van der Waals surface area contributed by atoms with E-state index in [0.717, 1.165) is 39.1 Å². The van der Waals surface area contributed by atoms with E-state index in [2.05, 4.69) is 172 Å². The molecule has 0 bridgehead atoms. The second kappa shape index (κ2) is 10.8. The van der Waals surface area contributed by atoms with Gasteiger partial charge in [-0.1, -0.05) is 161 Å². The Labute approximate surface area is 306 Å². The molecule has 250 valence electrons. The molecule has 0 N–H and O–H groups in total. The molecule has 10 rings (SSSR count). The highest BCUT2D eigenvalue weighted by Crippen LogP contribution is 2.58. The first-order valence-electron chi connectivity index (χ1n) is 18.3. The van der Waals surface area contributed by atoms with Crippen LogP contribution in [0.1, 0.15) is 88.1 Å². The first kappa shape index (κ1) is 30.8. The summed E-state index contributed by atoms with van der Waals surface area (Å²) in [7, 11) is 0. The Morgan fingerprint density at radius 3 is 1.54 bits per heavy atom. The van der Waals surface area contributed by atoms with Gasteiger partial charge < -0.3 is 4.90 Å². The van der Waals surface area contributed by atoms with E-state index in [1.54, 1.807) is 0 Å². The van der Waals surface area contributed by atoms with Crippen molar-refractivity contribution in [1.29, 1.82) is 0 Å². The van der Waals surface area contributed by atoms with E-state index in [9.17, 15) is 4.79 Å². The summed E-state index contributed by atoms with van der Waals surface area (Å²) in [5.74, 6) is 0.0797. The third-order valence-corrected chi connectivity index (χ3v) is 12.3. The molecule has 0 aromatic heterocycles. The number of para-hydroxylation sites is 1. The number of benzene rings is 7. The lowest BCUT2D eigenvalue weighted by atomic mass is 9.59. The number of fused-ring (bicyclic) bond motifs is 7. The molecule has 0 radical (unpaired) electrons. The average molecular weight is 670 g/mol. The van der Waals surface area contributed by atoms with Crippen molar-refractivity contribution in [3.63, 3.8) is 0 Å². The third-order valence-electron chi connectivity index (χ3n) is 12.3. The SMILES string of the molecule is CC1(C)c2ccccc2-c2cc3c(cc21)N(c1ccc(C2(c4ccccc4)c4ccccc4C(=O)c4ccccc42)cc1)c1ccccc1C3(C)C. The van der Waals surface area contributed by atoms with Crippen molar-refractivity contribution in [2.24, 2.45) is 0 Å². The minimum atomic E-state index is -0.669. The Hall–Kier alpha value is -5.99. The molecule has 0 saturated carbocycles. The molecule has 7 aromatic carbocycles. The van der Waals surface area contributed by atoms with E-state index in [1.807, 2.05) is 24.3 Å². The summed E-state index contributed by atoms with van der Waals surface area (Å²) in [6.07, 6.45) is 0. The van der Waals surface area contributed by atoms with Crippen LogP contribution >= 0.6 is 0 Å². The van der Waals surface area contributed by atoms with Crippen LogP contribution < -0.4 is 4.90 Å². The first-order valence-corrected chi connectivity index (χ1v) is 18.3. The van der Waals surface area contributed by atoms with Gasteiger partial charge in [-0.15, -0.1) is 0 Å². The maximum absolute atomic E-state index is 14.0. The number of hydrogen-bond donors (Lipinski definition) is 0. The van der Waals surface area contributed by atoms with Crippen LogP contribution in [-0.4, -0.2) is 5.78 Å². The summed E-state index contributed by atoms with van der Waals surface area (Å²) < 4.78 is 0. The molecule has 2 nitrogen and oxygen atoms in total. The van der Waals surface area contributed by atoms with Gasteiger partial charge in [-0.05, 0) is 86.0 Å². The van der Waals surface area contributed by atoms with Crippen LogP contribution in [0.3, 0.4) is 0 Å². The molecule has 0 saturated heterocycles. The van der Waals surface area contributed by atoms with Crippen LogP contribution in [0, 0.1) is 0 Å². The predicted molar refractivity (Wildman–Crippen MR) is 213 cm³/mol. The molecule has 3 aliphatic rings. The van der Waals surface area contributed by atoms with Crippen molar-refractivity contribution in [3.05, 3.63) is 219 Å². The lowest BCUT2D eigenvalue weighted by molar-refractivity contribution is 0.103. The minimum absolute atomic E-state index is 0.0797. The smallest absolute Gasteiger partial charge is 0.193 e. The first-order chi connectivity index (χ1) is 25.2. The molecule has 0 spiro atoms. The van der Waals surface area contributed by atoms with E-state index < -0.39 is 5.41 Å². The Balaban J connectivity index is 1.21. The second-order valence-electron chi connectivity index (χ2n) is 15.6. The Bertz CT molecular complexity index is 2540. The molecule has 0 fully saturated rings.